The van der Waals surface area contributed by atoms with E-state index in [-0.39, 0.29) is 0 Å². The van der Waals surface area contributed by atoms with E-state index in [1.807, 2.05) is 37.1 Å². The Morgan fingerprint density at radius 2 is 2.41 bits per heavy atom. The van der Waals surface area contributed by atoms with Crippen LogP contribution in [0.1, 0.15) is 17.7 Å². The van der Waals surface area contributed by atoms with E-state index >= 15 is 0 Å². The Labute approximate surface area is 102 Å². The monoisotopic (exact) mass is 233 g/mol. The quantitative estimate of drug-likeness (QED) is 0.827. The molecule has 0 spiro atoms. The highest BCUT2D eigenvalue weighted by Gasteiger charge is 2.09. The van der Waals surface area contributed by atoms with Crippen molar-refractivity contribution in [2.24, 2.45) is 7.05 Å². The molecule has 0 aliphatic rings. The topological polar surface area (TPSA) is 43.0 Å². The number of hydrogen-bond acceptors (Lipinski definition) is 3. The van der Waals surface area contributed by atoms with Gasteiger partial charge >= 0.3 is 0 Å². The van der Waals surface area contributed by atoms with Gasteiger partial charge in [0.15, 0.2) is 0 Å². The molecule has 0 aliphatic heterocycles. The van der Waals surface area contributed by atoms with Crippen molar-refractivity contribution in [2.75, 3.05) is 7.05 Å². The first-order valence-corrected chi connectivity index (χ1v) is 5.95. The third-order valence-corrected chi connectivity index (χ3v) is 2.97. The first-order valence-electron chi connectivity index (χ1n) is 5.95. The Morgan fingerprint density at radius 1 is 1.53 bits per heavy atom. The molecule has 0 aliphatic carbocycles. The predicted octanol–water partition coefficient (Wildman–Crippen LogP) is 1.78. The first kappa shape index (κ1) is 11.9. The largest absolute Gasteiger partial charge is 0.469 e. The lowest BCUT2D eigenvalue weighted by Crippen LogP contribution is -2.28. The highest BCUT2D eigenvalue weighted by molar-refractivity contribution is 5.06. The van der Waals surface area contributed by atoms with Crippen LogP contribution >= 0.6 is 0 Å². The number of nitrogens with zero attached hydrogens (tertiary/aromatic N) is 2. The molecule has 2 aromatic heterocycles. The van der Waals surface area contributed by atoms with Gasteiger partial charge in [-0.2, -0.15) is 5.10 Å². The van der Waals surface area contributed by atoms with Gasteiger partial charge in [0.2, 0.25) is 0 Å². The van der Waals surface area contributed by atoms with Crippen LogP contribution in [0.2, 0.25) is 0 Å². The number of nitrogens with one attached hydrogen (secondary N) is 1. The zero-order valence-corrected chi connectivity index (χ0v) is 10.4. The van der Waals surface area contributed by atoms with Gasteiger partial charge in [0, 0.05) is 25.7 Å². The van der Waals surface area contributed by atoms with E-state index in [2.05, 4.69) is 16.6 Å². The summed E-state index contributed by atoms with van der Waals surface area (Å²) in [5, 5.41) is 7.53. The fourth-order valence-corrected chi connectivity index (χ4v) is 1.98. The van der Waals surface area contributed by atoms with Crippen LogP contribution in [0, 0.1) is 0 Å². The Kier molecular flexibility index (Phi) is 3.98. The number of aryl methyl sites for hydroxylation is 2. The maximum atomic E-state index is 5.34. The van der Waals surface area contributed by atoms with Gasteiger partial charge in [-0.25, -0.2) is 0 Å². The van der Waals surface area contributed by atoms with E-state index in [9.17, 15) is 0 Å². The van der Waals surface area contributed by atoms with E-state index in [0.717, 1.165) is 25.0 Å². The van der Waals surface area contributed by atoms with Crippen molar-refractivity contribution in [2.45, 2.75) is 25.3 Å². The molecule has 1 unspecified atom stereocenters. The van der Waals surface area contributed by atoms with Crippen molar-refractivity contribution < 1.29 is 4.42 Å². The van der Waals surface area contributed by atoms with Crippen molar-refractivity contribution in [1.29, 1.82) is 0 Å². The summed E-state index contributed by atoms with van der Waals surface area (Å²) in [7, 11) is 3.95. The molecular formula is C13H19N3O. The third kappa shape index (κ3) is 3.46. The first-order chi connectivity index (χ1) is 8.28. The summed E-state index contributed by atoms with van der Waals surface area (Å²) in [4.78, 5) is 0. The Morgan fingerprint density at radius 3 is 3.00 bits per heavy atom. The SMILES string of the molecule is CNC(CCc1ccco1)Cc1cnn(C)c1. The highest BCUT2D eigenvalue weighted by atomic mass is 16.3. The number of likely N-dealkylation sites (N-methyl/N-ethyl adjacent to an activating group) is 1. The Bertz CT molecular complexity index is 433. The molecule has 0 amide bonds. The normalized spacial score (nSPS) is 12.8. The fourth-order valence-electron chi connectivity index (χ4n) is 1.98. The van der Waals surface area contributed by atoms with Crippen molar-refractivity contribution in [3.8, 4) is 0 Å². The smallest absolute Gasteiger partial charge is 0.103 e. The van der Waals surface area contributed by atoms with E-state index in [1.54, 1.807) is 6.26 Å². The second kappa shape index (κ2) is 5.68. The summed E-state index contributed by atoms with van der Waals surface area (Å²) in [5.74, 6) is 1.05. The number of aromatic nitrogens is 2. The molecule has 0 radical (unpaired) electrons. The lowest BCUT2D eigenvalue weighted by molar-refractivity contribution is 0.460. The molecule has 4 nitrogen and oxygen atoms in total. The zero-order chi connectivity index (χ0) is 12.1. The molecule has 0 saturated carbocycles. The van der Waals surface area contributed by atoms with Gasteiger partial charge in [-0.15, -0.1) is 0 Å². The van der Waals surface area contributed by atoms with Crippen molar-refractivity contribution >= 4 is 0 Å². The number of rotatable bonds is 6. The van der Waals surface area contributed by atoms with Gasteiger partial charge in [-0.05, 0) is 37.6 Å². The molecule has 92 valence electrons. The van der Waals surface area contributed by atoms with Crippen molar-refractivity contribution in [1.82, 2.24) is 15.1 Å². The number of hydrogen-bond donors (Lipinski definition) is 1. The van der Waals surface area contributed by atoms with Crippen LogP contribution in [0.25, 0.3) is 0 Å². The van der Waals surface area contributed by atoms with E-state index < -0.39 is 0 Å². The van der Waals surface area contributed by atoms with E-state index in [0.29, 0.717) is 6.04 Å². The van der Waals surface area contributed by atoms with Crippen LogP contribution in [-0.2, 0) is 19.9 Å². The molecular weight excluding hydrogens is 214 g/mol. The van der Waals surface area contributed by atoms with Crippen LogP contribution in [0.4, 0.5) is 0 Å². The highest BCUT2D eigenvalue weighted by Crippen LogP contribution is 2.09. The molecule has 0 aromatic carbocycles. The minimum Gasteiger partial charge on any atom is -0.469 e. The maximum Gasteiger partial charge on any atom is 0.103 e. The Balaban J connectivity index is 1.84. The molecule has 4 heteroatoms. The van der Waals surface area contributed by atoms with Crippen LogP contribution in [0.3, 0.4) is 0 Å². The average Bonchev–Trinajstić information content (AvgIpc) is 2.96. The van der Waals surface area contributed by atoms with Gasteiger partial charge in [0.25, 0.3) is 0 Å². The third-order valence-electron chi connectivity index (χ3n) is 2.97. The average molecular weight is 233 g/mol. The van der Waals surface area contributed by atoms with Gasteiger partial charge in [0.1, 0.15) is 5.76 Å². The molecule has 2 heterocycles. The van der Waals surface area contributed by atoms with Gasteiger partial charge in [0.05, 0.1) is 12.5 Å². The van der Waals surface area contributed by atoms with E-state index in [4.69, 9.17) is 4.42 Å². The van der Waals surface area contributed by atoms with E-state index in [1.165, 1.54) is 5.56 Å². The molecule has 1 N–H and O–H groups in total. The zero-order valence-electron chi connectivity index (χ0n) is 10.4. The summed E-state index contributed by atoms with van der Waals surface area (Å²) in [6.45, 7) is 0. The summed E-state index contributed by atoms with van der Waals surface area (Å²) in [5.41, 5.74) is 1.27. The molecule has 0 fully saturated rings. The van der Waals surface area contributed by atoms with Crippen LogP contribution in [-0.4, -0.2) is 22.9 Å². The molecule has 2 aromatic rings. The number of furan rings is 1. The molecule has 0 bridgehead atoms. The predicted molar refractivity (Wildman–Crippen MR) is 66.8 cm³/mol. The summed E-state index contributed by atoms with van der Waals surface area (Å²) >= 11 is 0. The molecule has 1 atom stereocenters. The molecule has 17 heavy (non-hydrogen) atoms. The summed E-state index contributed by atoms with van der Waals surface area (Å²) < 4.78 is 7.18. The molecule has 2 rings (SSSR count). The second-order valence-corrected chi connectivity index (χ2v) is 4.33. The van der Waals surface area contributed by atoms with Crippen molar-refractivity contribution in [3.05, 3.63) is 42.1 Å². The molecule has 0 saturated heterocycles. The van der Waals surface area contributed by atoms with Gasteiger partial charge in [-0.1, -0.05) is 0 Å². The van der Waals surface area contributed by atoms with Gasteiger partial charge in [-0.3, -0.25) is 4.68 Å². The summed E-state index contributed by atoms with van der Waals surface area (Å²) in [6, 6.07) is 4.42. The van der Waals surface area contributed by atoms with Crippen LogP contribution in [0.5, 0.6) is 0 Å². The standard InChI is InChI=1S/C13H19N3O/c1-14-12(5-6-13-4-3-7-17-13)8-11-9-15-16(2)10-11/h3-4,7,9-10,12,14H,5-6,8H2,1-2H3. The van der Waals surface area contributed by atoms with Gasteiger partial charge < -0.3 is 9.73 Å². The minimum absolute atomic E-state index is 0.462. The van der Waals surface area contributed by atoms with Crippen LogP contribution in [0.15, 0.2) is 35.2 Å². The minimum atomic E-state index is 0.462. The Hall–Kier alpha value is -1.55. The fraction of sp³-hybridized carbons (Fsp3) is 0.462. The van der Waals surface area contributed by atoms with Crippen molar-refractivity contribution in [3.63, 3.8) is 0 Å². The lowest BCUT2D eigenvalue weighted by Gasteiger charge is -2.14. The summed E-state index contributed by atoms with van der Waals surface area (Å²) in [6.07, 6.45) is 8.77. The maximum absolute atomic E-state index is 5.34. The lowest BCUT2D eigenvalue weighted by atomic mass is 10.0. The second-order valence-electron chi connectivity index (χ2n) is 4.33. The van der Waals surface area contributed by atoms with Crippen LogP contribution < -0.4 is 5.32 Å².